The molecule has 0 unspecified atom stereocenters. The lowest BCUT2D eigenvalue weighted by atomic mass is 10.1. The van der Waals surface area contributed by atoms with Crippen molar-refractivity contribution in [3.63, 3.8) is 0 Å². The van der Waals surface area contributed by atoms with Gasteiger partial charge in [0.2, 0.25) is 10.0 Å². The summed E-state index contributed by atoms with van der Waals surface area (Å²) in [5.74, 6) is 0.915. The van der Waals surface area contributed by atoms with Gasteiger partial charge in [0.1, 0.15) is 0 Å². The van der Waals surface area contributed by atoms with Crippen molar-refractivity contribution in [2.75, 3.05) is 12.4 Å². The van der Waals surface area contributed by atoms with E-state index in [9.17, 15) is 8.42 Å². The topological polar surface area (TPSA) is 46.2 Å². The molecular formula is C13H20ClNO2S. The van der Waals surface area contributed by atoms with Crippen LogP contribution in [0.15, 0.2) is 29.2 Å². The Morgan fingerprint density at radius 2 is 1.83 bits per heavy atom. The first-order valence-corrected chi connectivity index (χ1v) is 8.12. The molecule has 0 radical (unpaired) electrons. The zero-order chi connectivity index (χ0) is 13.6. The minimum absolute atomic E-state index is 0.294. The van der Waals surface area contributed by atoms with E-state index < -0.39 is 10.0 Å². The fraction of sp³-hybridized carbons (Fsp3) is 0.538. The molecule has 0 saturated carbocycles. The van der Waals surface area contributed by atoms with Gasteiger partial charge in [-0.15, -0.1) is 11.6 Å². The Morgan fingerprint density at radius 1 is 1.22 bits per heavy atom. The van der Waals surface area contributed by atoms with Crippen LogP contribution in [0.25, 0.3) is 0 Å². The van der Waals surface area contributed by atoms with Gasteiger partial charge in [0.05, 0.1) is 4.90 Å². The summed E-state index contributed by atoms with van der Waals surface area (Å²) in [6, 6.07) is 6.98. The van der Waals surface area contributed by atoms with Crippen molar-refractivity contribution in [1.29, 1.82) is 0 Å². The van der Waals surface area contributed by atoms with Crippen LogP contribution in [0.1, 0.15) is 25.8 Å². The number of sulfonamides is 1. The highest BCUT2D eigenvalue weighted by Crippen LogP contribution is 2.12. The Morgan fingerprint density at radius 3 is 2.33 bits per heavy atom. The Bertz CT molecular complexity index is 454. The molecule has 0 aliphatic heterocycles. The van der Waals surface area contributed by atoms with Gasteiger partial charge in [-0.2, -0.15) is 0 Å². The molecule has 0 aliphatic carbocycles. The fourth-order valence-electron chi connectivity index (χ4n) is 1.47. The lowest BCUT2D eigenvalue weighted by molar-refractivity contribution is 0.560. The van der Waals surface area contributed by atoms with Crippen molar-refractivity contribution in [1.82, 2.24) is 4.72 Å². The highest BCUT2D eigenvalue weighted by atomic mass is 35.5. The maximum Gasteiger partial charge on any atom is 0.240 e. The van der Waals surface area contributed by atoms with Crippen LogP contribution in [0.5, 0.6) is 0 Å². The summed E-state index contributed by atoms with van der Waals surface area (Å²) in [6.45, 7) is 4.39. The number of rotatable bonds is 7. The van der Waals surface area contributed by atoms with Gasteiger partial charge in [0, 0.05) is 12.4 Å². The van der Waals surface area contributed by atoms with E-state index in [0.29, 0.717) is 23.2 Å². The van der Waals surface area contributed by atoms with Gasteiger partial charge in [-0.25, -0.2) is 13.1 Å². The normalized spacial score (nSPS) is 12.0. The van der Waals surface area contributed by atoms with Crippen molar-refractivity contribution in [3.8, 4) is 0 Å². The summed E-state index contributed by atoms with van der Waals surface area (Å²) in [6.07, 6.45) is 1.78. The number of benzene rings is 1. The monoisotopic (exact) mass is 289 g/mol. The second-order valence-electron chi connectivity index (χ2n) is 4.68. The molecule has 1 aromatic rings. The molecule has 0 heterocycles. The van der Waals surface area contributed by atoms with Crippen LogP contribution in [-0.2, 0) is 16.4 Å². The highest BCUT2D eigenvalue weighted by Gasteiger charge is 2.13. The summed E-state index contributed by atoms with van der Waals surface area (Å²) in [7, 11) is -3.37. The van der Waals surface area contributed by atoms with Crippen LogP contribution >= 0.6 is 11.6 Å². The lowest BCUT2D eigenvalue weighted by Crippen LogP contribution is -2.27. The second-order valence-corrected chi connectivity index (χ2v) is 6.83. The standard InChI is InChI=1S/C13H20ClNO2S/c1-11(2)10-15-18(16,17)13-7-5-12(6-8-13)4-3-9-14/h5-8,11,15H,3-4,9-10H2,1-2H3. The first-order chi connectivity index (χ1) is 8.45. The van der Waals surface area contributed by atoms with Gasteiger partial charge in [-0.05, 0) is 36.5 Å². The number of hydrogen-bond donors (Lipinski definition) is 1. The zero-order valence-electron chi connectivity index (χ0n) is 10.8. The molecule has 3 nitrogen and oxygen atoms in total. The zero-order valence-corrected chi connectivity index (χ0v) is 12.4. The Kier molecular flexibility index (Phi) is 6.12. The second kappa shape index (κ2) is 7.12. The van der Waals surface area contributed by atoms with E-state index in [2.05, 4.69) is 4.72 Å². The number of halogens is 1. The van der Waals surface area contributed by atoms with Crippen LogP contribution < -0.4 is 4.72 Å². The van der Waals surface area contributed by atoms with Gasteiger partial charge in [-0.1, -0.05) is 26.0 Å². The molecule has 0 bridgehead atoms. The molecule has 18 heavy (non-hydrogen) atoms. The lowest BCUT2D eigenvalue weighted by Gasteiger charge is -2.09. The van der Waals surface area contributed by atoms with Gasteiger partial charge in [0.25, 0.3) is 0 Å². The van der Waals surface area contributed by atoms with E-state index in [0.717, 1.165) is 18.4 Å². The van der Waals surface area contributed by atoms with E-state index >= 15 is 0 Å². The minimum atomic E-state index is -3.37. The van der Waals surface area contributed by atoms with Gasteiger partial charge < -0.3 is 0 Å². The number of hydrogen-bond acceptors (Lipinski definition) is 2. The molecule has 0 aliphatic rings. The third-order valence-electron chi connectivity index (χ3n) is 2.51. The maximum atomic E-state index is 11.9. The van der Waals surface area contributed by atoms with Crippen LogP contribution in [0.2, 0.25) is 0 Å². The van der Waals surface area contributed by atoms with Crippen LogP contribution in [0.3, 0.4) is 0 Å². The van der Waals surface area contributed by atoms with Gasteiger partial charge in [-0.3, -0.25) is 0 Å². The molecule has 1 aromatic carbocycles. The Labute approximate surface area is 115 Å². The summed E-state index contributed by atoms with van der Waals surface area (Å²) < 4.78 is 26.4. The molecule has 0 amide bonds. The maximum absolute atomic E-state index is 11.9. The Balaban J connectivity index is 2.71. The molecule has 102 valence electrons. The Hall–Kier alpha value is -0.580. The molecule has 0 spiro atoms. The summed E-state index contributed by atoms with van der Waals surface area (Å²) in [5.41, 5.74) is 1.11. The molecule has 0 atom stereocenters. The van der Waals surface area contributed by atoms with Crippen molar-refractivity contribution in [2.24, 2.45) is 5.92 Å². The summed E-state index contributed by atoms with van der Waals surface area (Å²) in [4.78, 5) is 0.317. The van der Waals surface area contributed by atoms with Crippen LogP contribution in [0, 0.1) is 5.92 Å². The van der Waals surface area contributed by atoms with Crippen molar-refractivity contribution in [2.45, 2.75) is 31.6 Å². The predicted molar refractivity (Wildman–Crippen MR) is 75.5 cm³/mol. The SMILES string of the molecule is CC(C)CNS(=O)(=O)c1ccc(CCCCl)cc1. The van der Waals surface area contributed by atoms with E-state index in [1.54, 1.807) is 12.1 Å². The average molecular weight is 290 g/mol. The average Bonchev–Trinajstić information content (AvgIpc) is 2.34. The van der Waals surface area contributed by atoms with Gasteiger partial charge >= 0.3 is 0 Å². The number of aryl methyl sites for hydroxylation is 1. The molecule has 5 heteroatoms. The first-order valence-electron chi connectivity index (χ1n) is 6.10. The molecule has 0 saturated heterocycles. The van der Waals surface area contributed by atoms with Crippen molar-refractivity contribution >= 4 is 21.6 Å². The smallest absolute Gasteiger partial charge is 0.211 e. The minimum Gasteiger partial charge on any atom is -0.211 e. The predicted octanol–water partition coefficient (Wildman–Crippen LogP) is 2.79. The van der Waals surface area contributed by atoms with E-state index in [-0.39, 0.29) is 0 Å². The number of nitrogens with one attached hydrogen (secondary N) is 1. The van der Waals surface area contributed by atoms with Gasteiger partial charge in [0.15, 0.2) is 0 Å². The van der Waals surface area contributed by atoms with Crippen molar-refractivity contribution in [3.05, 3.63) is 29.8 Å². The quantitative estimate of drug-likeness (QED) is 0.785. The summed E-state index contributed by atoms with van der Waals surface area (Å²) >= 11 is 5.62. The van der Waals surface area contributed by atoms with E-state index in [1.165, 1.54) is 0 Å². The van der Waals surface area contributed by atoms with E-state index in [4.69, 9.17) is 11.6 Å². The molecule has 0 aromatic heterocycles. The first kappa shape index (κ1) is 15.5. The third kappa shape index (κ3) is 4.96. The fourth-order valence-corrected chi connectivity index (χ4v) is 2.81. The largest absolute Gasteiger partial charge is 0.240 e. The highest BCUT2D eigenvalue weighted by molar-refractivity contribution is 7.89. The third-order valence-corrected chi connectivity index (χ3v) is 4.22. The van der Waals surface area contributed by atoms with E-state index in [1.807, 2.05) is 26.0 Å². The van der Waals surface area contributed by atoms with Crippen LogP contribution in [-0.4, -0.2) is 20.8 Å². The number of alkyl halides is 1. The van der Waals surface area contributed by atoms with Crippen LogP contribution in [0.4, 0.5) is 0 Å². The molecule has 0 fully saturated rings. The molecule has 1 rings (SSSR count). The molecule has 1 N–H and O–H groups in total. The molecular weight excluding hydrogens is 270 g/mol. The summed E-state index contributed by atoms with van der Waals surface area (Å²) in [5, 5.41) is 0. The van der Waals surface area contributed by atoms with Crippen molar-refractivity contribution < 1.29 is 8.42 Å².